The highest BCUT2D eigenvalue weighted by Crippen LogP contribution is 2.27. The highest BCUT2D eigenvalue weighted by Gasteiger charge is 2.20. The smallest absolute Gasteiger partial charge is 0.230 e. The topological polar surface area (TPSA) is 74.0 Å². The average molecular weight is 440 g/mol. The molecule has 31 heavy (non-hydrogen) atoms. The first-order valence-corrected chi connectivity index (χ1v) is 11.6. The molecular formula is C23H29N5O2S. The third-order valence-electron chi connectivity index (χ3n) is 5.79. The Morgan fingerprint density at radius 2 is 2.13 bits per heavy atom. The number of nitrogens with zero attached hydrogens (tertiary/aromatic N) is 4. The molecule has 3 aromatic rings. The first-order chi connectivity index (χ1) is 15.0. The standard InChI is InChI=1S/C23H29N5O2S/c1-16-7-4-10-20(17(16)2)28-21(13-18-8-5-11-27(18)3)25-26-23(28)31-15-22(29)24-14-19-9-6-12-30-19/h4-5,7-8,10-11,19H,6,9,12-15H2,1-3H3,(H,24,29). The van der Waals surface area contributed by atoms with E-state index in [-0.39, 0.29) is 12.0 Å². The fourth-order valence-corrected chi connectivity index (χ4v) is 4.58. The number of hydrogen-bond acceptors (Lipinski definition) is 5. The summed E-state index contributed by atoms with van der Waals surface area (Å²) in [5.41, 5.74) is 4.60. The summed E-state index contributed by atoms with van der Waals surface area (Å²) in [6, 6.07) is 10.4. The molecule has 1 aliphatic heterocycles. The van der Waals surface area contributed by atoms with E-state index in [1.807, 2.05) is 25.4 Å². The second-order valence-electron chi connectivity index (χ2n) is 7.97. The van der Waals surface area contributed by atoms with Gasteiger partial charge in [-0.1, -0.05) is 23.9 Å². The molecule has 3 heterocycles. The minimum atomic E-state index is -0.0139. The number of rotatable bonds is 8. The Hall–Kier alpha value is -2.58. The molecule has 0 bridgehead atoms. The van der Waals surface area contributed by atoms with Crippen LogP contribution in [-0.2, 0) is 23.0 Å². The maximum atomic E-state index is 12.4. The van der Waals surface area contributed by atoms with Crippen molar-refractivity contribution in [3.63, 3.8) is 0 Å². The van der Waals surface area contributed by atoms with Crippen molar-refractivity contribution in [1.29, 1.82) is 0 Å². The van der Waals surface area contributed by atoms with Gasteiger partial charge in [0.15, 0.2) is 5.16 Å². The van der Waals surface area contributed by atoms with Gasteiger partial charge in [0.25, 0.3) is 0 Å². The third kappa shape index (κ3) is 5.02. The molecule has 1 N–H and O–H groups in total. The maximum absolute atomic E-state index is 12.4. The van der Waals surface area contributed by atoms with Crippen molar-refractivity contribution in [3.05, 3.63) is 59.2 Å². The highest BCUT2D eigenvalue weighted by atomic mass is 32.2. The number of carbonyl (C=O) groups excluding carboxylic acids is 1. The summed E-state index contributed by atoms with van der Waals surface area (Å²) in [6.45, 7) is 5.57. The normalized spacial score (nSPS) is 16.0. The van der Waals surface area contributed by atoms with Crippen molar-refractivity contribution in [2.75, 3.05) is 18.9 Å². The molecule has 4 rings (SSSR count). The SMILES string of the molecule is Cc1cccc(-n2c(Cc3cccn3C)nnc2SCC(=O)NCC2CCCO2)c1C. The Bertz CT molecular complexity index is 1050. The van der Waals surface area contributed by atoms with E-state index >= 15 is 0 Å². The summed E-state index contributed by atoms with van der Waals surface area (Å²) in [6.07, 6.45) is 4.91. The van der Waals surface area contributed by atoms with E-state index in [4.69, 9.17) is 4.74 Å². The predicted octanol–water partition coefficient (Wildman–Crippen LogP) is 3.20. The Labute approximate surface area is 187 Å². The molecule has 1 saturated heterocycles. The number of aryl methyl sites for hydroxylation is 2. The van der Waals surface area contributed by atoms with Gasteiger partial charge >= 0.3 is 0 Å². The van der Waals surface area contributed by atoms with E-state index < -0.39 is 0 Å². The molecule has 7 nitrogen and oxygen atoms in total. The van der Waals surface area contributed by atoms with E-state index in [0.29, 0.717) is 18.7 Å². The molecule has 1 atom stereocenters. The Kier molecular flexibility index (Phi) is 6.77. The zero-order valence-corrected chi connectivity index (χ0v) is 19.1. The Morgan fingerprint density at radius 1 is 1.26 bits per heavy atom. The fraction of sp³-hybridized carbons (Fsp3) is 0.435. The van der Waals surface area contributed by atoms with E-state index in [9.17, 15) is 4.79 Å². The quantitative estimate of drug-likeness (QED) is 0.546. The molecule has 1 aliphatic rings. The first kappa shape index (κ1) is 21.6. The Morgan fingerprint density at radius 3 is 2.87 bits per heavy atom. The molecular weight excluding hydrogens is 410 g/mol. The molecule has 1 unspecified atom stereocenters. The third-order valence-corrected chi connectivity index (χ3v) is 6.72. The minimum Gasteiger partial charge on any atom is -0.376 e. The fourth-order valence-electron chi connectivity index (χ4n) is 3.78. The van der Waals surface area contributed by atoms with Crippen LogP contribution in [0.5, 0.6) is 0 Å². The van der Waals surface area contributed by atoms with Gasteiger partial charge in [-0.25, -0.2) is 0 Å². The van der Waals surface area contributed by atoms with E-state index in [2.05, 4.69) is 56.7 Å². The lowest BCUT2D eigenvalue weighted by Gasteiger charge is -2.15. The highest BCUT2D eigenvalue weighted by molar-refractivity contribution is 7.99. The second-order valence-corrected chi connectivity index (χ2v) is 8.91. The predicted molar refractivity (Wildman–Crippen MR) is 122 cm³/mol. The number of hydrogen-bond donors (Lipinski definition) is 1. The van der Waals surface area contributed by atoms with Crippen LogP contribution < -0.4 is 5.32 Å². The number of thioether (sulfide) groups is 1. The number of carbonyl (C=O) groups is 1. The van der Waals surface area contributed by atoms with Gasteiger partial charge in [-0.2, -0.15) is 0 Å². The van der Waals surface area contributed by atoms with Crippen LogP contribution in [0.25, 0.3) is 5.69 Å². The van der Waals surface area contributed by atoms with Crippen molar-refractivity contribution >= 4 is 17.7 Å². The van der Waals surface area contributed by atoms with Crippen molar-refractivity contribution in [3.8, 4) is 5.69 Å². The molecule has 0 spiro atoms. The molecule has 2 aromatic heterocycles. The lowest BCUT2D eigenvalue weighted by molar-refractivity contribution is -0.119. The van der Waals surface area contributed by atoms with Gasteiger partial charge in [-0.05, 0) is 56.0 Å². The lowest BCUT2D eigenvalue weighted by Crippen LogP contribution is -2.32. The molecule has 0 saturated carbocycles. The van der Waals surface area contributed by atoms with Gasteiger partial charge in [0.2, 0.25) is 5.91 Å². The summed E-state index contributed by atoms with van der Waals surface area (Å²) in [5.74, 6) is 1.14. The number of nitrogens with one attached hydrogen (secondary N) is 1. The van der Waals surface area contributed by atoms with Crippen molar-refractivity contribution in [1.82, 2.24) is 24.6 Å². The van der Waals surface area contributed by atoms with Gasteiger partial charge in [-0.3, -0.25) is 9.36 Å². The summed E-state index contributed by atoms with van der Waals surface area (Å²) in [4.78, 5) is 12.4. The van der Waals surface area contributed by atoms with E-state index in [1.165, 1.54) is 22.9 Å². The Balaban J connectivity index is 1.54. The van der Waals surface area contributed by atoms with Crippen LogP contribution in [0.1, 0.15) is 35.5 Å². The van der Waals surface area contributed by atoms with Crippen molar-refractivity contribution < 1.29 is 9.53 Å². The molecule has 8 heteroatoms. The van der Waals surface area contributed by atoms with Gasteiger partial charge in [0, 0.05) is 38.5 Å². The van der Waals surface area contributed by atoms with Crippen molar-refractivity contribution in [2.45, 2.75) is 44.4 Å². The molecule has 0 radical (unpaired) electrons. The van der Waals surface area contributed by atoms with E-state index in [1.54, 1.807) is 0 Å². The van der Waals surface area contributed by atoms with Crippen molar-refractivity contribution in [2.24, 2.45) is 7.05 Å². The monoisotopic (exact) mass is 439 g/mol. The lowest BCUT2D eigenvalue weighted by atomic mass is 10.1. The molecule has 1 aromatic carbocycles. The van der Waals surface area contributed by atoms with Crippen LogP contribution in [0, 0.1) is 13.8 Å². The van der Waals surface area contributed by atoms with Crippen LogP contribution in [-0.4, -0.2) is 50.2 Å². The summed E-state index contributed by atoms with van der Waals surface area (Å²) >= 11 is 1.41. The van der Waals surface area contributed by atoms with Crippen LogP contribution in [0.4, 0.5) is 0 Å². The maximum Gasteiger partial charge on any atom is 0.230 e. The van der Waals surface area contributed by atoms with E-state index in [0.717, 1.165) is 41.8 Å². The van der Waals surface area contributed by atoms with Crippen LogP contribution >= 0.6 is 11.8 Å². The summed E-state index contributed by atoms with van der Waals surface area (Å²) in [5, 5.41) is 12.6. The van der Waals surface area contributed by atoms with Gasteiger partial charge in [0.05, 0.1) is 17.5 Å². The number of amides is 1. The van der Waals surface area contributed by atoms with Crippen LogP contribution in [0.3, 0.4) is 0 Å². The van der Waals surface area contributed by atoms with Crippen LogP contribution in [0.15, 0.2) is 41.7 Å². The van der Waals surface area contributed by atoms with Gasteiger partial charge < -0.3 is 14.6 Å². The zero-order valence-electron chi connectivity index (χ0n) is 18.3. The van der Waals surface area contributed by atoms with Gasteiger partial charge in [-0.15, -0.1) is 10.2 Å². The molecule has 0 aliphatic carbocycles. The molecule has 1 amide bonds. The van der Waals surface area contributed by atoms with Crippen LogP contribution in [0.2, 0.25) is 0 Å². The molecule has 1 fully saturated rings. The van der Waals surface area contributed by atoms with Gasteiger partial charge in [0.1, 0.15) is 5.82 Å². The summed E-state index contributed by atoms with van der Waals surface area (Å²) < 4.78 is 9.76. The number of benzene rings is 1. The number of aromatic nitrogens is 4. The summed E-state index contributed by atoms with van der Waals surface area (Å²) in [7, 11) is 2.03. The average Bonchev–Trinajstić information content (AvgIpc) is 3.50. The second kappa shape index (κ2) is 9.70. The minimum absolute atomic E-state index is 0.0139. The largest absolute Gasteiger partial charge is 0.376 e. The number of ether oxygens (including phenoxy) is 1. The molecule has 164 valence electrons. The zero-order chi connectivity index (χ0) is 21.8. The first-order valence-electron chi connectivity index (χ1n) is 10.6.